The number of ether oxygens (including phenoxy) is 1. The molecule has 1 saturated carbocycles. The quantitative estimate of drug-likeness (QED) is 0.552. The number of aryl methyl sites for hydroxylation is 2. The number of carbonyl (C=O) groups excluding carboxylic acids is 3. The lowest BCUT2D eigenvalue weighted by atomic mass is 10.0. The Balaban J connectivity index is 1.49. The smallest absolute Gasteiger partial charge is 0.243 e. The Morgan fingerprint density at radius 3 is 2.50 bits per heavy atom. The van der Waals surface area contributed by atoms with Crippen molar-refractivity contribution in [2.24, 2.45) is 0 Å². The summed E-state index contributed by atoms with van der Waals surface area (Å²) in [5.74, 6) is -0.360. The zero-order valence-corrected chi connectivity index (χ0v) is 21.8. The molecular weight excluding hydrogens is 485 g/mol. The lowest BCUT2D eigenvalue weighted by Gasteiger charge is -2.25. The summed E-state index contributed by atoms with van der Waals surface area (Å²) in [7, 11) is 0. The summed E-state index contributed by atoms with van der Waals surface area (Å²) in [6, 6.07) is 12.5. The molecule has 3 amide bonds. The van der Waals surface area contributed by atoms with Crippen LogP contribution in [-0.2, 0) is 27.2 Å². The minimum atomic E-state index is -0.808. The van der Waals surface area contributed by atoms with Gasteiger partial charge in [0.25, 0.3) is 0 Å². The fourth-order valence-corrected chi connectivity index (χ4v) is 5.10. The van der Waals surface area contributed by atoms with E-state index in [2.05, 4.69) is 16.0 Å². The van der Waals surface area contributed by atoms with Gasteiger partial charge in [0.15, 0.2) is 0 Å². The third-order valence-electron chi connectivity index (χ3n) is 7.32. The largest absolute Gasteiger partial charge is 0.494 e. The van der Waals surface area contributed by atoms with Gasteiger partial charge in [0, 0.05) is 12.5 Å². The maximum Gasteiger partial charge on any atom is 0.243 e. The van der Waals surface area contributed by atoms with E-state index in [0.29, 0.717) is 38.7 Å². The van der Waals surface area contributed by atoms with Crippen LogP contribution in [0.15, 0.2) is 48.5 Å². The minimum absolute atomic E-state index is 0.143. The van der Waals surface area contributed by atoms with Crippen molar-refractivity contribution in [3.05, 3.63) is 65.5 Å². The average molecular weight is 524 g/mol. The molecule has 3 N–H and O–H groups in total. The molecule has 1 fully saturated rings. The van der Waals surface area contributed by atoms with Crippen molar-refractivity contribution >= 4 is 17.7 Å². The van der Waals surface area contributed by atoms with Crippen LogP contribution in [0.1, 0.15) is 68.9 Å². The SMILES string of the molecule is O=C1CCc2cccc(c2)OCCCC[C@@H](C(=O)NC2CCCC2)NC(=O)[C@H](CCc2ccc(F)cc2)N1. The summed E-state index contributed by atoms with van der Waals surface area (Å²) in [5, 5.41) is 8.92. The molecule has 0 radical (unpaired) electrons. The Kier molecular flexibility index (Phi) is 10.1. The molecule has 2 aromatic carbocycles. The van der Waals surface area contributed by atoms with E-state index >= 15 is 0 Å². The summed E-state index contributed by atoms with van der Waals surface area (Å²) in [4.78, 5) is 39.5. The Hall–Kier alpha value is -3.42. The Morgan fingerprint density at radius 2 is 1.71 bits per heavy atom. The number of hydrogen-bond donors (Lipinski definition) is 3. The van der Waals surface area contributed by atoms with Gasteiger partial charge in [0.05, 0.1) is 6.61 Å². The molecular formula is C30H38FN3O4. The third-order valence-corrected chi connectivity index (χ3v) is 7.32. The molecule has 8 heteroatoms. The molecule has 7 nitrogen and oxygen atoms in total. The van der Waals surface area contributed by atoms with E-state index < -0.39 is 12.1 Å². The number of hydrogen-bond acceptors (Lipinski definition) is 4. The van der Waals surface area contributed by atoms with Crippen molar-refractivity contribution in [2.75, 3.05) is 6.61 Å². The first-order chi connectivity index (χ1) is 18.5. The summed E-state index contributed by atoms with van der Waals surface area (Å²) < 4.78 is 19.2. The lowest BCUT2D eigenvalue weighted by Crippen LogP contribution is -2.54. The number of halogens is 1. The molecule has 2 bridgehead atoms. The molecule has 0 saturated heterocycles. The highest BCUT2D eigenvalue weighted by Crippen LogP contribution is 2.19. The molecule has 0 unspecified atom stereocenters. The summed E-state index contributed by atoms with van der Waals surface area (Å²) in [5.41, 5.74) is 1.86. The van der Waals surface area contributed by atoms with Gasteiger partial charge in [-0.1, -0.05) is 37.1 Å². The number of rotatable bonds is 5. The van der Waals surface area contributed by atoms with Crippen LogP contribution in [0.5, 0.6) is 5.75 Å². The van der Waals surface area contributed by atoms with Gasteiger partial charge in [-0.05, 0) is 86.8 Å². The minimum Gasteiger partial charge on any atom is -0.494 e. The normalized spacial score (nSPS) is 21.7. The number of benzene rings is 2. The van der Waals surface area contributed by atoms with Gasteiger partial charge in [-0.2, -0.15) is 0 Å². The summed E-state index contributed by atoms with van der Waals surface area (Å²) in [6.45, 7) is 0.509. The first kappa shape index (κ1) is 27.6. The second kappa shape index (κ2) is 13.9. The van der Waals surface area contributed by atoms with Gasteiger partial charge in [0.2, 0.25) is 17.7 Å². The van der Waals surface area contributed by atoms with Crippen molar-refractivity contribution < 1.29 is 23.5 Å². The number of amides is 3. The van der Waals surface area contributed by atoms with E-state index in [4.69, 9.17) is 4.74 Å². The van der Waals surface area contributed by atoms with E-state index in [0.717, 1.165) is 49.0 Å². The van der Waals surface area contributed by atoms with Crippen LogP contribution in [-0.4, -0.2) is 42.5 Å². The van der Waals surface area contributed by atoms with Crippen molar-refractivity contribution in [3.8, 4) is 5.75 Å². The highest BCUT2D eigenvalue weighted by molar-refractivity contribution is 5.92. The van der Waals surface area contributed by atoms with Gasteiger partial charge < -0.3 is 20.7 Å². The molecule has 0 spiro atoms. The third kappa shape index (κ3) is 8.57. The fraction of sp³-hybridized carbons (Fsp3) is 0.500. The maximum absolute atomic E-state index is 13.4. The van der Waals surface area contributed by atoms with Gasteiger partial charge in [-0.15, -0.1) is 0 Å². The van der Waals surface area contributed by atoms with Crippen LogP contribution in [0.2, 0.25) is 0 Å². The Morgan fingerprint density at radius 1 is 0.947 bits per heavy atom. The van der Waals surface area contributed by atoms with Crippen LogP contribution < -0.4 is 20.7 Å². The van der Waals surface area contributed by atoms with Gasteiger partial charge in [-0.3, -0.25) is 14.4 Å². The van der Waals surface area contributed by atoms with Crippen LogP contribution in [0.3, 0.4) is 0 Å². The second-order valence-corrected chi connectivity index (χ2v) is 10.3. The summed E-state index contributed by atoms with van der Waals surface area (Å²) >= 11 is 0. The number of nitrogens with one attached hydrogen (secondary N) is 3. The predicted molar refractivity (Wildman–Crippen MR) is 143 cm³/mol. The standard InChI is InChI=1S/C30H38FN3O4/c31-23-15-11-21(12-16-23)13-17-27-30(37)34-26(29(36)32-24-7-1-2-8-24)10-3-4-19-38-25-9-5-6-22(20-25)14-18-28(35)33-27/h5-6,9,11-12,15-16,20,24,26-27H,1-4,7-8,10,13-14,17-19H2,(H,32,36)(H,33,35)(H,34,37)/t26-,27-/m0/s1. The second-order valence-electron chi connectivity index (χ2n) is 10.3. The highest BCUT2D eigenvalue weighted by Gasteiger charge is 2.28. The summed E-state index contributed by atoms with van der Waals surface area (Å²) in [6.07, 6.45) is 7.58. The van der Waals surface area contributed by atoms with Crippen molar-refractivity contribution in [3.63, 3.8) is 0 Å². The molecule has 204 valence electrons. The molecule has 1 aliphatic carbocycles. The monoisotopic (exact) mass is 523 g/mol. The van der Waals surface area contributed by atoms with E-state index in [9.17, 15) is 18.8 Å². The van der Waals surface area contributed by atoms with Crippen LogP contribution in [0.25, 0.3) is 0 Å². The highest BCUT2D eigenvalue weighted by atomic mass is 19.1. The average Bonchev–Trinajstić information content (AvgIpc) is 3.42. The zero-order valence-electron chi connectivity index (χ0n) is 21.8. The topological polar surface area (TPSA) is 96.5 Å². The Labute approximate surface area is 223 Å². The zero-order chi connectivity index (χ0) is 26.7. The molecule has 2 aromatic rings. The van der Waals surface area contributed by atoms with E-state index in [1.54, 1.807) is 12.1 Å². The molecule has 2 atom stereocenters. The van der Waals surface area contributed by atoms with E-state index in [-0.39, 0.29) is 36.0 Å². The molecule has 1 heterocycles. The number of carbonyl (C=O) groups is 3. The van der Waals surface area contributed by atoms with E-state index in [1.807, 2.05) is 24.3 Å². The van der Waals surface area contributed by atoms with E-state index in [1.165, 1.54) is 12.1 Å². The molecule has 2 aliphatic rings. The number of fused-ring (bicyclic) bond motifs is 2. The Bertz CT molecular complexity index is 1090. The maximum atomic E-state index is 13.4. The molecule has 4 rings (SSSR count). The van der Waals surface area contributed by atoms with Crippen LogP contribution in [0.4, 0.5) is 4.39 Å². The lowest BCUT2D eigenvalue weighted by molar-refractivity contribution is -0.132. The van der Waals surface area contributed by atoms with Crippen LogP contribution >= 0.6 is 0 Å². The van der Waals surface area contributed by atoms with Crippen LogP contribution in [0, 0.1) is 5.82 Å². The first-order valence-electron chi connectivity index (χ1n) is 13.8. The van der Waals surface area contributed by atoms with Gasteiger partial charge in [-0.25, -0.2) is 4.39 Å². The van der Waals surface area contributed by atoms with Gasteiger partial charge in [0.1, 0.15) is 23.7 Å². The predicted octanol–water partition coefficient (Wildman–Crippen LogP) is 3.98. The molecule has 1 aliphatic heterocycles. The fourth-order valence-electron chi connectivity index (χ4n) is 5.10. The van der Waals surface area contributed by atoms with Crippen molar-refractivity contribution in [1.82, 2.24) is 16.0 Å². The van der Waals surface area contributed by atoms with Crippen molar-refractivity contribution in [2.45, 2.75) is 88.8 Å². The molecule has 0 aromatic heterocycles. The van der Waals surface area contributed by atoms with Crippen molar-refractivity contribution in [1.29, 1.82) is 0 Å². The molecule has 38 heavy (non-hydrogen) atoms. The first-order valence-corrected chi connectivity index (χ1v) is 13.8. The van der Waals surface area contributed by atoms with Gasteiger partial charge >= 0.3 is 0 Å².